The predicted molar refractivity (Wildman–Crippen MR) is 141 cm³/mol. The summed E-state index contributed by atoms with van der Waals surface area (Å²) in [4.78, 5) is 14.9. The third kappa shape index (κ3) is 5.01. The Balaban J connectivity index is 1.48. The molecule has 0 N–H and O–H groups in total. The van der Waals surface area contributed by atoms with E-state index in [2.05, 4.69) is 17.0 Å². The van der Waals surface area contributed by atoms with Gasteiger partial charge in [0.25, 0.3) is 0 Å². The lowest BCUT2D eigenvalue weighted by Gasteiger charge is -2.25. The normalized spacial score (nSPS) is 11.0. The van der Waals surface area contributed by atoms with Crippen molar-refractivity contribution in [2.75, 3.05) is 4.90 Å². The van der Waals surface area contributed by atoms with Gasteiger partial charge in [0.2, 0.25) is 0 Å². The van der Waals surface area contributed by atoms with E-state index < -0.39 is 0 Å². The maximum Gasteiger partial charge on any atom is 0.193 e. The Morgan fingerprint density at radius 2 is 1.35 bits per heavy atom. The smallest absolute Gasteiger partial charge is 0.193 e. The SMILES string of the molecule is O=c1cc(-c2cccc(CN(Cc3ccc(Cl)cc3)c3ccc(Cl)cc3)c2)oc2ccccc12. The molecule has 0 radical (unpaired) electrons. The van der Waals surface area contributed by atoms with Gasteiger partial charge in [-0.05, 0) is 65.7 Å². The number of rotatable bonds is 6. The Morgan fingerprint density at radius 1 is 0.676 bits per heavy atom. The van der Waals surface area contributed by atoms with Crippen molar-refractivity contribution in [3.05, 3.63) is 135 Å². The van der Waals surface area contributed by atoms with Crippen molar-refractivity contribution in [2.24, 2.45) is 0 Å². The average Bonchev–Trinajstić information content (AvgIpc) is 2.86. The van der Waals surface area contributed by atoms with Crippen LogP contribution in [0.15, 0.2) is 112 Å². The van der Waals surface area contributed by atoms with Gasteiger partial charge < -0.3 is 9.32 Å². The van der Waals surface area contributed by atoms with Gasteiger partial charge in [-0.15, -0.1) is 0 Å². The lowest BCUT2D eigenvalue weighted by atomic mass is 10.1. The van der Waals surface area contributed by atoms with Gasteiger partial charge in [-0.1, -0.05) is 65.7 Å². The first-order chi connectivity index (χ1) is 16.5. The minimum absolute atomic E-state index is 0.0483. The van der Waals surface area contributed by atoms with E-state index in [4.69, 9.17) is 27.6 Å². The van der Waals surface area contributed by atoms with E-state index in [-0.39, 0.29) is 5.43 Å². The van der Waals surface area contributed by atoms with E-state index in [1.807, 2.05) is 78.9 Å². The summed E-state index contributed by atoms with van der Waals surface area (Å²) in [6, 6.07) is 32.7. The minimum atomic E-state index is -0.0483. The Hall–Kier alpha value is -3.53. The van der Waals surface area contributed by atoms with E-state index in [1.54, 1.807) is 12.1 Å². The van der Waals surface area contributed by atoms with E-state index in [0.717, 1.165) is 22.4 Å². The summed E-state index contributed by atoms with van der Waals surface area (Å²) in [5.41, 5.74) is 4.70. The zero-order valence-electron chi connectivity index (χ0n) is 18.2. The highest BCUT2D eigenvalue weighted by Gasteiger charge is 2.12. The molecule has 0 amide bonds. The molecule has 3 nitrogen and oxygen atoms in total. The third-order valence-corrected chi connectivity index (χ3v) is 6.20. The van der Waals surface area contributed by atoms with E-state index in [1.165, 1.54) is 0 Å². The number of benzene rings is 4. The number of hydrogen-bond acceptors (Lipinski definition) is 3. The Morgan fingerprint density at radius 3 is 2.12 bits per heavy atom. The highest BCUT2D eigenvalue weighted by Crippen LogP contribution is 2.26. The van der Waals surface area contributed by atoms with Crippen LogP contribution < -0.4 is 10.3 Å². The van der Waals surface area contributed by atoms with Crippen molar-refractivity contribution < 1.29 is 4.42 Å². The summed E-state index contributed by atoms with van der Waals surface area (Å²) < 4.78 is 6.05. The number of halogens is 2. The van der Waals surface area contributed by atoms with Gasteiger partial charge in [0, 0.05) is 40.5 Å². The molecule has 168 valence electrons. The molecule has 0 atom stereocenters. The van der Waals surface area contributed by atoms with Crippen molar-refractivity contribution in [3.8, 4) is 11.3 Å². The molecule has 1 heterocycles. The second kappa shape index (κ2) is 9.76. The number of fused-ring (bicyclic) bond motifs is 1. The lowest BCUT2D eigenvalue weighted by Crippen LogP contribution is -2.22. The quantitative estimate of drug-likeness (QED) is 0.244. The molecule has 0 spiro atoms. The first-order valence-electron chi connectivity index (χ1n) is 10.9. The maximum absolute atomic E-state index is 12.6. The van der Waals surface area contributed by atoms with Crippen LogP contribution in [-0.4, -0.2) is 0 Å². The van der Waals surface area contributed by atoms with Crippen LogP contribution in [0.4, 0.5) is 5.69 Å². The third-order valence-electron chi connectivity index (χ3n) is 5.70. The molecule has 4 aromatic carbocycles. The molecule has 5 rings (SSSR count). The van der Waals surface area contributed by atoms with E-state index in [9.17, 15) is 4.79 Å². The molecule has 0 fully saturated rings. The van der Waals surface area contributed by atoms with Gasteiger partial charge >= 0.3 is 0 Å². The molecule has 0 saturated carbocycles. The van der Waals surface area contributed by atoms with Crippen LogP contribution in [0.25, 0.3) is 22.3 Å². The van der Waals surface area contributed by atoms with Crippen LogP contribution in [0.1, 0.15) is 11.1 Å². The van der Waals surface area contributed by atoms with Gasteiger partial charge in [0.1, 0.15) is 11.3 Å². The fourth-order valence-corrected chi connectivity index (χ4v) is 4.24. The van der Waals surface area contributed by atoms with E-state index in [0.29, 0.717) is 39.9 Å². The Labute approximate surface area is 207 Å². The molecule has 5 heteroatoms. The van der Waals surface area contributed by atoms with Crippen molar-refractivity contribution in [2.45, 2.75) is 13.1 Å². The molecule has 5 aromatic rings. The standard InChI is InChI=1S/C29H21Cl2NO2/c30-23-10-8-20(9-11-23)18-32(25-14-12-24(31)13-15-25)19-21-4-3-5-22(16-21)29-17-27(33)26-6-1-2-7-28(26)34-29/h1-17H,18-19H2. The molecule has 0 aliphatic heterocycles. The van der Waals surface area contributed by atoms with Crippen LogP contribution in [0.5, 0.6) is 0 Å². The van der Waals surface area contributed by atoms with Crippen LogP contribution in [-0.2, 0) is 13.1 Å². The molecule has 34 heavy (non-hydrogen) atoms. The molecule has 0 saturated heterocycles. The first kappa shape index (κ1) is 22.3. The fraction of sp³-hybridized carbons (Fsp3) is 0.0690. The monoisotopic (exact) mass is 485 g/mol. The number of para-hydroxylation sites is 1. The predicted octanol–water partition coefficient (Wildman–Crippen LogP) is 7.97. The van der Waals surface area contributed by atoms with Gasteiger partial charge in [-0.2, -0.15) is 0 Å². The van der Waals surface area contributed by atoms with Crippen LogP contribution in [0.3, 0.4) is 0 Å². The zero-order valence-corrected chi connectivity index (χ0v) is 19.8. The maximum atomic E-state index is 12.6. The van der Waals surface area contributed by atoms with Crippen molar-refractivity contribution in [3.63, 3.8) is 0 Å². The summed E-state index contributed by atoms with van der Waals surface area (Å²) in [5.74, 6) is 0.557. The average molecular weight is 486 g/mol. The molecule has 0 bridgehead atoms. The number of hydrogen-bond donors (Lipinski definition) is 0. The Kier molecular flexibility index (Phi) is 6.39. The summed E-state index contributed by atoms with van der Waals surface area (Å²) in [7, 11) is 0. The summed E-state index contributed by atoms with van der Waals surface area (Å²) in [5, 5.41) is 1.99. The van der Waals surface area contributed by atoms with Gasteiger partial charge in [-0.3, -0.25) is 4.79 Å². The van der Waals surface area contributed by atoms with Crippen molar-refractivity contribution in [1.29, 1.82) is 0 Å². The van der Waals surface area contributed by atoms with Crippen molar-refractivity contribution >= 4 is 39.9 Å². The highest BCUT2D eigenvalue weighted by molar-refractivity contribution is 6.30. The number of anilines is 1. The summed E-state index contributed by atoms with van der Waals surface area (Å²) in [6.07, 6.45) is 0. The number of nitrogens with zero attached hydrogens (tertiary/aromatic N) is 1. The molecule has 1 aromatic heterocycles. The second-order valence-corrected chi connectivity index (χ2v) is 9.00. The van der Waals surface area contributed by atoms with Gasteiger partial charge in [0.05, 0.1) is 5.39 Å². The minimum Gasteiger partial charge on any atom is -0.456 e. The van der Waals surface area contributed by atoms with Crippen LogP contribution >= 0.6 is 23.2 Å². The van der Waals surface area contributed by atoms with Crippen LogP contribution in [0, 0.1) is 0 Å². The zero-order chi connectivity index (χ0) is 23.5. The molecule has 0 aliphatic carbocycles. The summed E-state index contributed by atoms with van der Waals surface area (Å²) >= 11 is 12.2. The fourth-order valence-electron chi connectivity index (χ4n) is 3.99. The molecular formula is C29H21Cl2NO2. The largest absolute Gasteiger partial charge is 0.456 e. The highest BCUT2D eigenvalue weighted by atomic mass is 35.5. The van der Waals surface area contributed by atoms with Crippen molar-refractivity contribution in [1.82, 2.24) is 0 Å². The lowest BCUT2D eigenvalue weighted by molar-refractivity contribution is 0.619. The van der Waals surface area contributed by atoms with E-state index >= 15 is 0 Å². The molecule has 0 aliphatic rings. The second-order valence-electron chi connectivity index (χ2n) is 8.13. The molecule has 0 unspecified atom stereocenters. The topological polar surface area (TPSA) is 33.5 Å². The van der Waals surface area contributed by atoms with Gasteiger partial charge in [-0.25, -0.2) is 0 Å². The first-order valence-corrected chi connectivity index (χ1v) is 11.7. The Bertz CT molecular complexity index is 1490. The molecular weight excluding hydrogens is 465 g/mol. The van der Waals surface area contributed by atoms with Gasteiger partial charge in [0.15, 0.2) is 5.43 Å². The summed E-state index contributed by atoms with van der Waals surface area (Å²) in [6.45, 7) is 1.37. The van der Waals surface area contributed by atoms with Crippen LogP contribution in [0.2, 0.25) is 10.0 Å².